The Bertz CT molecular complexity index is 1380. The number of benzene rings is 2. The summed E-state index contributed by atoms with van der Waals surface area (Å²) in [6, 6.07) is 18.9. The van der Waals surface area contributed by atoms with Crippen LogP contribution in [0, 0.1) is 6.92 Å². The van der Waals surface area contributed by atoms with Gasteiger partial charge in [-0.05, 0) is 58.8 Å². The van der Waals surface area contributed by atoms with E-state index in [9.17, 15) is 4.79 Å². The van der Waals surface area contributed by atoms with E-state index in [4.69, 9.17) is 0 Å². The molecule has 0 spiro atoms. The highest BCUT2D eigenvalue weighted by Crippen LogP contribution is 2.34. The van der Waals surface area contributed by atoms with Gasteiger partial charge in [0.15, 0.2) is 5.82 Å². The summed E-state index contributed by atoms with van der Waals surface area (Å²) in [5.74, 6) is 0.787. The number of aryl methyl sites for hydroxylation is 1. The van der Waals surface area contributed by atoms with Gasteiger partial charge in [-0.2, -0.15) is 0 Å². The van der Waals surface area contributed by atoms with Crippen LogP contribution in [0.1, 0.15) is 60.3 Å². The summed E-state index contributed by atoms with van der Waals surface area (Å²) in [5.41, 5.74) is 3.98. The maximum absolute atomic E-state index is 13.5. The van der Waals surface area contributed by atoms with Gasteiger partial charge < -0.3 is 4.98 Å². The summed E-state index contributed by atoms with van der Waals surface area (Å²) in [4.78, 5) is 21.5. The number of rotatable bonds is 6. The second-order valence-corrected chi connectivity index (χ2v) is 10.3. The summed E-state index contributed by atoms with van der Waals surface area (Å²) in [7, 11) is 0. The van der Waals surface area contributed by atoms with Crippen molar-refractivity contribution in [1.82, 2.24) is 35.0 Å². The second-order valence-electron chi connectivity index (χ2n) is 10.3. The highest BCUT2D eigenvalue weighted by atomic mass is 16.1. The fourth-order valence-electron chi connectivity index (χ4n) is 5.84. The molecular weight excluding hydrogens is 450 g/mol. The van der Waals surface area contributed by atoms with Crippen molar-refractivity contribution in [3.05, 3.63) is 87.5 Å². The molecule has 1 saturated carbocycles. The predicted octanol–water partition coefficient (Wildman–Crippen LogP) is 3.85. The summed E-state index contributed by atoms with van der Waals surface area (Å²) in [6.07, 6.45) is 4.57. The first kappa shape index (κ1) is 23.1. The monoisotopic (exact) mass is 483 g/mol. The van der Waals surface area contributed by atoms with Crippen molar-refractivity contribution in [2.24, 2.45) is 0 Å². The number of hydrogen-bond donors (Lipinski definition) is 1. The van der Waals surface area contributed by atoms with E-state index in [1.165, 1.54) is 18.4 Å². The molecule has 1 aliphatic heterocycles. The number of hydrogen-bond acceptors (Lipinski definition) is 6. The molecule has 186 valence electrons. The SMILES string of the molecule is Cc1ccc2cc([C@H](c3nnnn3C3CCCC3)N3CCN(Cc4ccccc4)CC3)c(=O)[nH]c2c1. The quantitative estimate of drug-likeness (QED) is 0.449. The third-order valence-corrected chi connectivity index (χ3v) is 7.78. The Kier molecular flexibility index (Phi) is 6.37. The zero-order valence-corrected chi connectivity index (χ0v) is 20.8. The Morgan fingerprint density at radius 2 is 1.78 bits per heavy atom. The van der Waals surface area contributed by atoms with E-state index in [1.807, 2.05) is 23.7 Å². The Labute approximate surface area is 210 Å². The Morgan fingerprint density at radius 1 is 1.00 bits per heavy atom. The van der Waals surface area contributed by atoms with Gasteiger partial charge in [-0.3, -0.25) is 14.6 Å². The molecule has 0 amide bonds. The van der Waals surface area contributed by atoms with E-state index in [0.717, 1.165) is 73.4 Å². The topological polar surface area (TPSA) is 82.9 Å². The zero-order chi connectivity index (χ0) is 24.5. The fraction of sp³-hybridized carbons (Fsp3) is 0.429. The summed E-state index contributed by atoms with van der Waals surface area (Å²) in [6.45, 7) is 6.54. The lowest BCUT2D eigenvalue weighted by molar-refractivity contribution is 0.0989. The van der Waals surface area contributed by atoms with Crippen molar-refractivity contribution >= 4 is 10.9 Å². The highest BCUT2D eigenvalue weighted by Gasteiger charge is 2.34. The molecular formula is C28H33N7O. The van der Waals surface area contributed by atoms with Crippen molar-refractivity contribution in [1.29, 1.82) is 0 Å². The second kappa shape index (κ2) is 9.95. The lowest BCUT2D eigenvalue weighted by atomic mass is 10.0. The van der Waals surface area contributed by atoms with E-state index >= 15 is 0 Å². The number of pyridine rings is 1. The molecule has 2 aromatic heterocycles. The van der Waals surface area contributed by atoms with Gasteiger partial charge in [-0.25, -0.2) is 4.68 Å². The number of tetrazole rings is 1. The van der Waals surface area contributed by atoms with Crippen LogP contribution >= 0.6 is 0 Å². The Balaban J connectivity index is 1.34. The summed E-state index contributed by atoms with van der Waals surface area (Å²) in [5, 5.41) is 14.1. The standard InChI is InChI=1S/C28H33N7O/c1-20-11-12-22-18-24(28(36)29-25(22)17-20)26(27-30-31-32-35(27)23-9-5-6-10-23)34-15-13-33(14-16-34)19-21-7-3-2-4-8-21/h2-4,7-8,11-12,17-18,23,26H,5-6,9-10,13-16,19H2,1H3,(H,29,36)/t26-/m1/s1. The lowest BCUT2D eigenvalue weighted by Gasteiger charge is -2.39. The molecule has 0 bridgehead atoms. The van der Waals surface area contributed by atoms with Crippen LogP contribution in [0.25, 0.3) is 10.9 Å². The molecule has 1 aliphatic carbocycles. The van der Waals surface area contributed by atoms with Gasteiger partial charge in [-0.15, -0.1) is 5.10 Å². The molecule has 3 heterocycles. The third kappa shape index (κ3) is 4.58. The number of fused-ring (bicyclic) bond motifs is 1. The van der Waals surface area contributed by atoms with Crippen molar-refractivity contribution in [2.45, 2.75) is 51.2 Å². The zero-order valence-electron chi connectivity index (χ0n) is 20.8. The van der Waals surface area contributed by atoms with Crippen molar-refractivity contribution < 1.29 is 0 Å². The minimum atomic E-state index is -0.283. The Morgan fingerprint density at radius 3 is 2.56 bits per heavy atom. The maximum atomic E-state index is 13.5. The number of nitrogens with zero attached hydrogens (tertiary/aromatic N) is 6. The maximum Gasteiger partial charge on any atom is 0.253 e. The van der Waals surface area contributed by atoms with Crippen LogP contribution in [-0.4, -0.2) is 61.2 Å². The van der Waals surface area contributed by atoms with E-state index in [1.54, 1.807) is 0 Å². The number of aromatic nitrogens is 5. The van der Waals surface area contributed by atoms with Crippen LogP contribution in [-0.2, 0) is 6.54 Å². The van der Waals surface area contributed by atoms with Gasteiger partial charge in [0, 0.05) is 43.8 Å². The molecule has 1 atom stereocenters. The molecule has 2 aliphatic rings. The number of H-pyrrole nitrogens is 1. The molecule has 0 unspecified atom stereocenters. The van der Waals surface area contributed by atoms with Crippen LogP contribution in [0.15, 0.2) is 59.4 Å². The smallest absolute Gasteiger partial charge is 0.253 e. The van der Waals surface area contributed by atoms with Gasteiger partial charge in [-0.1, -0.05) is 55.3 Å². The van der Waals surface area contributed by atoms with Gasteiger partial charge in [0.25, 0.3) is 5.56 Å². The minimum Gasteiger partial charge on any atom is -0.322 e. The molecule has 36 heavy (non-hydrogen) atoms. The van der Waals surface area contributed by atoms with E-state index in [2.05, 4.69) is 72.8 Å². The molecule has 2 fully saturated rings. The molecule has 4 aromatic rings. The van der Waals surface area contributed by atoms with Gasteiger partial charge in [0.05, 0.1) is 6.04 Å². The van der Waals surface area contributed by atoms with Gasteiger partial charge in [0.2, 0.25) is 0 Å². The highest BCUT2D eigenvalue weighted by molar-refractivity contribution is 5.79. The van der Waals surface area contributed by atoms with E-state index < -0.39 is 0 Å². The van der Waals surface area contributed by atoms with E-state index in [-0.39, 0.29) is 11.6 Å². The molecule has 6 rings (SSSR count). The largest absolute Gasteiger partial charge is 0.322 e. The molecule has 1 saturated heterocycles. The van der Waals surface area contributed by atoms with Crippen molar-refractivity contribution in [2.75, 3.05) is 26.2 Å². The summed E-state index contributed by atoms with van der Waals surface area (Å²) >= 11 is 0. The van der Waals surface area contributed by atoms with E-state index in [0.29, 0.717) is 6.04 Å². The lowest BCUT2D eigenvalue weighted by Crippen LogP contribution is -2.48. The minimum absolute atomic E-state index is 0.0641. The average molecular weight is 484 g/mol. The molecule has 8 nitrogen and oxygen atoms in total. The molecule has 0 radical (unpaired) electrons. The fourth-order valence-corrected chi connectivity index (χ4v) is 5.84. The van der Waals surface area contributed by atoms with Gasteiger partial charge in [0.1, 0.15) is 6.04 Å². The van der Waals surface area contributed by atoms with Crippen LogP contribution in [0.5, 0.6) is 0 Å². The predicted molar refractivity (Wildman–Crippen MR) is 140 cm³/mol. The molecule has 1 N–H and O–H groups in total. The van der Waals surface area contributed by atoms with Crippen LogP contribution in [0.2, 0.25) is 0 Å². The van der Waals surface area contributed by atoms with Crippen LogP contribution < -0.4 is 5.56 Å². The number of piperazine rings is 1. The third-order valence-electron chi connectivity index (χ3n) is 7.78. The average Bonchev–Trinajstić information content (AvgIpc) is 3.59. The first-order valence-electron chi connectivity index (χ1n) is 13.1. The first-order chi connectivity index (χ1) is 17.7. The van der Waals surface area contributed by atoms with Crippen LogP contribution in [0.3, 0.4) is 0 Å². The normalized spacial score (nSPS) is 18.7. The molecule has 2 aromatic carbocycles. The van der Waals surface area contributed by atoms with Gasteiger partial charge >= 0.3 is 0 Å². The Hall–Kier alpha value is -3.36. The summed E-state index contributed by atoms with van der Waals surface area (Å²) < 4.78 is 2.01. The van der Waals surface area contributed by atoms with Crippen LogP contribution in [0.4, 0.5) is 0 Å². The number of nitrogens with one attached hydrogen (secondary N) is 1. The first-order valence-corrected chi connectivity index (χ1v) is 13.1. The van der Waals surface area contributed by atoms with Crippen molar-refractivity contribution in [3.63, 3.8) is 0 Å². The van der Waals surface area contributed by atoms with Crippen molar-refractivity contribution in [3.8, 4) is 0 Å². The molecule has 8 heteroatoms. The number of aromatic amines is 1.